The molecule has 2 atom stereocenters. The summed E-state index contributed by atoms with van der Waals surface area (Å²) < 4.78 is 0. The Bertz CT molecular complexity index is 304. The van der Waals surface area contributed by atoms with Gasteiger partial charge in [0.05, 0.1) is 6.04 Å². The van der Waals surface area contributed by atoms with Gasteiger partial charge < -0.3 is 10.0 Å². The van der Waals surface area contributed by atoms with E-state index in [1.807, 2.05) is 37.6 Å². The third-order valence-corrected chi connectivity index (χ3v) is 3.29. The van der Waals surface area contributed by atoms with Gasteiger partial charge in [-0.05, 0) is 34.2 Å². The molecule has 2 unspecified atom stereocenters. The highest BCUT2D eigenvalue weighted by Gasteiger charge is 2.37. The van der Waals surface area contributed by atoms with Gasteiger partial charge in [0.15, 0.2) is 0 Å². The molecular formula is C12H22N2O3. The van der Waals surface area contributed by atoms with Gasteiger partial charge in [0, 0.05) is 25.0 Å². The number of nitrogens with zero attached hydrogens (tertiary/aromatic N) is 2. The van der Waals surface area contributed by atoms with E-state index >= 15 is 0 Å². The molecule has 5 heteroatoms. The number of hydrogen-bond acceptors (Lipinski definition) is 3. The van der Waals surface area contributed by atoms with Crippen LogP contribution in [0.15, 0.2) is 0 Å². The van der Waals surface area contributed by atoms with E-state index in [2.05, 4.69) is 0 Å². The summed E-state index contributed by atoms with van der Waals surface area (Å²) >= 11 is 0. The molecule has 5 nitrogen and oxygen atoms in total. The average molecular weight is 242 g/mol. The normalized spacial score (nSPS) is 26.6. The lowest BCUT2D eigenvalue weighted by molar-refractivity contribution is -0.147. The smallest absolute Gasteiger partial charge is 0.303 e. The zero-order valence-electron chi connectivity index (χ0n) is 11.0. The van der Waals surface area contributed by atoms with Crippen molar-refractivity contribution in [3.63, 3.8) is 0 Å². The highest BCUT2D eigenvalue weighted by Crippen LogP contribution is 2.20. The second-order valence-corrected chi connectivity index (χ2v) is 5.08. The summed E-state index contributed by atoms with van der Waals surface area (Å²) in [7, 11) is 1.89. The minimum absolute atomic E-state index is 0.0427. The van der Waals surface area contributed by atoms with Crippen molar-refractivity contribution in [1.29, 1.82) is 0 Å². The van der Waals surface area contributed by atoms with Crippen LogP contribution in [-0.2, 0) is 9.59 Å². The van der Waals surface area contributed by atoms with E-state index in [1.54, 1.807) is 0 Å². The number of carboxylic acids is 1. The summed E-state index contributed by atoms with van der Waals surface area (Å²) in [6.45, 7) is 6.82. The van der Waals surface area contributed by atoms with Crippen molar-refractivity contribution in [1.82, 2.24) is 9.80 Å². The number of aliphatic carboxylic acids is 1. The van der Waals surface area contributed by atoms with E-state index in [0.29, 0.717) is 6.42 Å². The van der Waals surface area contributed by atoms with Crippen molar-refractivity contribution in [3.05, 3.63) is 0 Å². The lowest BCUT2D eigenvalue weighted by atomic mass is 10.0. The Morgan fingerprint density at radius 3 is 2.59 bits per heavy atom. The minimum atomic E-state index is -0.846. The van der Waals surface area contributed by atoms with Gasteiger partial charge in [0.25, 0.3) is 0 Å². The first-order chi connectivity index (χ1) is 7.84. The Balaban J connectivity index is 2.75. The van der Waals surface area contributed by atoms with Crippen molar-refractivity contribution < 1.29 is 14.7 Å². The minimum Gasteiger partial charge on any atom is -0.481 e. The van der Waals surface area contributed by atoms with Crippen LogP contribution in [0.4, 0.5) is 0 Å². The van der Waals surface area contributed by atoms with Crippen LogP contribution >= 0.6 is 0 Å². The molecule has 1 aliphatic rings. The number of carboxylic acid groups (broad SMARTS) is 1. The molecule has 0 spiro atoms. The molecule has 1 N–H and O–H groups in total. The molecule has 1 aliphatic heterocycles. The van der Waals surface area contributed by atoms with Crippen LogP contribution in [0.3, 0.4) is 0 Å². The van der Waals surface area contributed by atoms with E-state index in [4.69, 9.17) is 5.11 Å². The van der Waals surface area contributed by atoms with Gasteiger partial charge in [-0.2, -0.15) is 0 Å². The fourth-order valence-electron chi connectivity index (χ4n) is 2.58. The van der Waals surface area contributed by atoms with Gasteiger partial charge in [-0.15, -0.1) is 0 Å². The monoisotopic (exact) mass is 242 g/mol. The number of carbonyl (C=O) groups is 2. The molecule has 0 bridgehead atoms. The summed E-state index contributed by atoms with van der Waals surface area (Å²) in [5.41, 5.74) is 0. The van der Waals surface area contributed by atoms with Crippen LogP contribution in [0, 0.1) is 0 Å². The Labute approximate surface area is 102 Å². The summed E-state index contributed by atoms with van der Waals surface area (Å²) in [5.74, 6) is -0.789. The van der Waals surface area contributed by atoms with Crippen LogP contribution in [-0.4, -0.2) is 58.5 Å². The van der Waals surface area contributed by atoms with Gasteiger partial charge in [-0.25, -0.2) is 0 Å². The predicted molar refractivity (Wildman–Crippen MR) is 64.7 cm³/mol. The maximum Gasteiger partial charge on any atom is 0.303 e. The number of likely N-dealkylation sites (N-methyl/N-ethyl adjacent to an activating group) is 1. The van der Waals surface area contributed by atoms with Crippen molar-refractivity contribution in [2.75, 3.05) is 13.6 Å². The first-order valence-electron chi connectivity index (χ1n) is 6.08. The summed E-state index contributed by atoms with van der Waals surface area (Å²) in [6, 6.07) is 0.0665. The van der Waals surface area contributed by atoms with E-state index in [9.17, 15) is 9.59 Å². The summed E-state index contributed by atoms with van der Waals surface area (Å²) in [4.78, 5) is 26.7. The van der Waals surface area contributed by atoms with Crippen molar-refractivity contribution >= 4 is 11.9 Å². The van der Waals surface area contributed by atoms with E-state index in [-0.39, 0.29) is 30.5 Å². The standard InChI is InChI=1S/C12H22N2O3/c1-8(2)14-9(3)7-13(4)10(12(14)17)5-6-11(15)16/h8-10H,5-7H2,1-4H3,(H,15,16). The van der Waals surface area contributed by atoms with Crippen molar-refractivity contribution in [3.8, 4) is 0 Å². The second-order valence-electron chi connectivity index (χ2n) is 5.08. The lowest BCUT2D eigenvalue weighted by Gasteiger charge is -2.45. The molecule has 0 saturated carbocycles. The molecule has 1 rings (SSSR count). The van der Waals surface area contributed by atoms with Gasteiger partial charge in [0.2, 0.25) is 5.91 Å². The summed E-state index contributed by atoms with van der Waals surface area (Å²) in [6.07, 6.45) is 0.432. The molecule has 0 aromatic rings. The molecule has 98 valence electrons. The molecule has 1 heterocycles. The Morgan fingerprint density at radius 1 is 1.53 bits per heavy atom. The quantitative estimate of drug-likeness (QED) is 0.792. The Hall–Kier alpha value is -1.10. The maximum atomic E-state index is 12.3. The van der Waals surface area contributed by atoms with Crippen LogP contribution in [0.25, 0.3) is 0 Å². The second kappa shape index (κ2) is 5.49. The van der Waals surface area contributed by atoms with Crippen LogP contribution in [0.2, 0.25) is 0 Å². The SMILES string of the molecule is CC(C)N1C(=O)C(CCC(=O)O)N(C)CC1C. The Morgan fingerprint density at radius 2 is 2.12 bits per heavy atom. The third-order valence-electron chi connectivity index (χ3n) is 3.29. The molecule has 1 amide bonds. The van der Waals surface area contributed by atoms with Gasteiger partial charge >= 0.3 is 5.97 Å². The van der Waals surface area contributed by atoms with Crippen LogP contribution in [0.5, 0.6) is 0 Å². The number of rotatable bonds is 4. The number of piperazine rings is 1. The number of hydrogen-bond donors (Lipinski definition) is 1. The van der Waals surface area contributed by atoms with E-state index < -0.39 is 5.97 Å². The largest absolute Gasteiger partial charge is 0.481 e. The fraction of sp³-hybridized carbons (Fsp3) is 0.833. The molecule has 1 fully saturated rings. The van der Waals surface area contributed by atoms with E-state index in [1.165, 1.54) is 0 Å². The zero-order chi connectivity index (χ0) is 13.2. The molecule has 0 radical (unpaired) electrons. The lowest BCUT2D eigenvalue weighted by Crippen LogP contribution is -2.61. The molecule has 0 aliphatic carbocycles. The van der Waals surface area contributed by atoms with Crippen molar-refractivity contribution in [2.24, 2.45) is 0 Å². The molecule has 17 heavy (non-hydrogen) atoms. The highest BCUT2D eigenvalue weighted by atomic mass is 16.4. The van der Waals surface area contributed by atoms with E-state index in [0.717, 1.165) is 6.54 Å². The first kappa shape index (κ1) is 14.0. The Kier molecular flexibility index (Phi) is 4.51. The van der Waals surface area contributed by atoms with Gasteiger partial charge in [0.1, 0.15) is 0 Å². The molecular weight excluding hydrogens is 220 g/mol. The first-order valence-corrected chi connectivity index (χ1v) is 6.08. The van der Waals surface area contributed by atoms with Crippen molar-refractivity contribution in [2.45, 2.75) is 51.7 Å². The number of amides is 1. The fourth-order valence-corrected chi connectivity index (χ4v) is 2.58. The highest BCUT2D eigenvalue weighted by molar-refractivity contribution is 5.83. The third kappa shape index (κ3) is 3.19. The van der Waals surface area contributed by atoms with Gasteiger partial charge in [-0.3, -0.25) is 14.5 Å². The van der Waals surface area contributed by atoms with Gasteiger partial charge in [-0.1, -0.05) is 0 Å². The molecule has 0 aromatic carbocycles. The predicted octanol–water partition coefficient (Wildman–Crippen LogP) is 0.791. The topological polar surface area (TPSA) is 60.9 Å². The molecule has 0 aromatic heterocycles. The van der Waals surface area contributed by atoms with Crippen LogP contribution < -0.4 is 0 Å². The zero-order valence-corrected chi connectivity index (χ0v) is 11.0. The summed E-state index contributed by atoms with van der Waals surface area (Å²) in [5, 5.41) is 8.70. The number of carbonyl (C=O) groups excluding carboxylic acids is 1. The maximum absolute atomic E-state index is 12.3. The average Bonchev–Trinajstić information content (AvgIpc) is 2.14. The molecule has 1 saturated heterocycles. The van der Waals surface area contributed by atoms with Crippen LogP contribution in [0.1, 0.15) is 33.6 Å².